The van der Waals surface area contributed by atoms with Gasteiger partial charge in [-0.25, -0.2) is 4.98 Å². The number of aromatic nitrogens is 3. The van der Waals surface area contributed by atoms with Crippen LogP contribution < -0.4 is 15.0 Å². The predicted molar refractivity (Wildman–Crippen MR) is 122 cm³/mol. The van der Waals surface area contributed by atoms with Gasteiger partial charge in [-0.2, -0.15) is 0 Å². The number of imidazole rings is 1. The van der Waals surface area contributed by atoms with Gasteiger partial charge in [-0.3, -0.25) is 23.9 Å². The number of rotatable bonds is 6. The van der Waals surface area contributed by atoms with Gasteiger partial charge in [0.2, 0.25) is 0 Å². The van der Waals surface area contributed by atoms with Crippen molar-refractivity contribution in [2.45, 2.75) is 13.3 Å². The quantitative estimate of drug-likeness (QED) is 0.503. The van der Waals surface area contributed by atoms with E-state index in [9.17, 15) is 9.59 Å². The van der Waals surface area contributed by atoms with E-state index in [1.807, 2.05) is 6.92 Å². The van der Waals surface area contributed by atoms with E-state index < -0.39 is 0 Å². The molecule has 0 aliphatic rings. The molecule has 0 radical (unpaired) electrons. The number of nitrogens with one attached hydrogen (secondary N) is 1. The molecule has 2 amide bonds. The molecule has 162 valence electrons. The smallest absolute Gasteiger partial charge is 0.259 e. The van der Waals surface area contributed by atoms with Crippen LogP contribution in [0.3, 0.4) is 0 Å². The average Bonchev–Trinajstić information content (AvgIpc) is 3.21. The first-order chi connectivity index (χ1) is 15.5. The van der Waals surface area contributed by atoms with Gasteiger partial charge in [0.1, 0.15) is 17.2 Å². The van der Waals surface area contributed by atoms with Crippen molar-refractivity contribution in [2.75, 3.05) is 24.4 Å². The number of aryl methyl sites for hydroxylation is 1. The summed E-state index contributed by atoms with van der Waals surface area (Å²) < 4.78 is 6.99. The summed E-state index contributed by atoms with van der Waals surface area (Å²) in [6.45, 7) is 1.98. The maximum absolute atomic E-state index is 13.0. The van der Waals surface area contributed by atoms with Crippen LogP contribution in [0.4, 0.5) is 11.5 Å². The van der Waals surface area contributed by atoms with Gasteiger partial charge in [-0.05, 0) is 42.8 Å². The maximum atomic E-state index is 13.0. The fraction of sp³-hybridized carbons (Fsp3) is 0.167. The normalized spacial score (nSPS) is 10.7. The molecular weight excluding hydrogens is 406 g/mol. The fourth-order valence-corrected chi connectivity index (χ4v) is 3.50. The molecule has 0 unspecified atom stereocenters. The van der Waals surface area contributed by atoms with Crippen LogP contribution in [-0.2, 0) is 6.42 Å². The van der Waals surface area contributed by atoms with Crippen LogP contribution in [0.1, 0.15) is 33.3 Å². The van der Waals surface area contributed by atoms with Crippen molar-refractivity contribution < 1.29 is 14.3 Å². The number of pyridine rings is 2. The summed E-state index contributed by atoms with van der Waals surface area (Å²) in [4.78, 5) is 36.1. The molecule has 32 heavy (non-hydrogen) atoms. The van der Waals surface area contributed by atoms with Gasteiger partial charge in [0, 0.05) is 43.0 Å². The molecule has 0 saturated carbocycles. The molecule has 0 aliphatic heterocycles. The number of carbonyl (C=O) groups excluding carboxylic acids is 2. The zero-order chi connectivity index (χ0) is 22.7. The van der Waals surface area contributed by atoms with Crippen molar-refractivity contribution in [3.05, 3.63) is 83.9 Å². The van der Waals surface area contributed by atoms with E-state index in [4.69, 9.17) is 4.74 Å². The molecule has 8 nitrogen and oxygen atoms in total. The minimum Gasteiger partial charge on any atom is -0.497 e. The van der Waals surface area contributed by atoms with Crippen molar-refractivity contribution in [3.63, 3.8) is 0 Å². The van der Waals surface area contributed by atoms with Crippen LogP contribution in [0.25, 0.3) is 5.65 Å². The Balaban J connectivity index is 1.70. The van der Waals surface area contributed by atoms with E-state index in [-0.39, 0.29) is 11.8 Å². The number of methoxy groups -OCH3 is 1. The summed E-state index contributed by atoms with van der Waals surface area (Å²) in [7, 11) is 3.28. The van der Waals surface area contributed by atoms with Crippen LogP contribution in [0.15, 0.2) is 67.1 Å². The molecule has 4 rings (SSSR count). The number of nitrogens with zero attached hydrogens (tertiary/aromatic N) is 4. The topological polar surface area (TPSA) is 88.8 Å². The number of ether oxygens (including phenoxy) is 1. The van der Waals surface area contributed by atoms with Gasteiger partial charge < -0.3 is 10.1 Å². The van der Waals surface area contributed by atoms with Gasteiger partial charge >= 0.3 is 0 Å². The highest BCUT2D eigenvalue weighted by Gasteiger charge is 2.22. The van der Waals surface area contributed by atoms with Crippen molar-refractivity contribution in [1.29, 1.82) is 0 Å². The third-order valence-corrected chi connectivity index (χ3v) is 5.14. The Labute approximate surface area is 185 Å². The minimum atomic E-state index is -0.277. The summed E-state index contributed by atoms with van der Waals surface area (Å²) in [6, 6.07) is 14.0. The monoisotopic (exact) mass is 429 g/mol. The van der Waals surface area contributed by atoms with Crippen LogP contribution in [0.5, 0.6) is 5.75 Å². The first-order valence-electron chi connectivity index (χ1n) is 10.2. The molecule has 0 bridgehead atoms. The van der Waals surface area contributed by atoms with Crippen molar-refractivity contribution in [2.24, 2.45) is 0 Å². The first kappa shape index (κ1) is 21.0. The lowest BCUT2D eigenvalue weighted by atomic mass is 10.2. The summed E-state index contributed by atoms with van der Waals surface area (Å²) in [5.74, 6) is 0.815. The zero-order valence-corrected chi connectivity index (χ0v) is 18.1. The summed E-state index contributed by atoms with van der Waals surface area (Å²) in [5.41, 5.74) is 3.00. The number of benzene rings is 1. The van der Waals surface area contributed by atoms with E-state index in [0.29, 0.717) is 40.4 Å². The van der Waals surface area contributed by atoms with Crippen LogP contribution in [-0.4, -0.2) is 40.3 Å². The summed E-state index contributed by atoms with van der Waals surface area (Å²) in [5, 5.41) is 2.88. The standard InChI is InChI=1S/C24H23N5O3/c1-4-20-23(28(2)24(31)16-10-12-25-13-11-16)29-15-17(8-9-21(29)27-20)22(30)26-18-6-5-7-19(14-18)32-3/h5-15H,4H2,1-3H3,(H,26,30). The van der Waals surface area contributed by atoms with Crippen molar-refractivity contribution >= 4 is 29.0 Å². The average molecular weight is 429 g/mol. The van der Waals surface area contributed by atoms with E-state index in [0.717, 1.165) is 5.69 Å². The molecule has 3 aromatic heterocycles. The van der Waals surface area contributed by atoms with Crippen LogP contribution >= 0.6 is 0 Å². The Kier molecular flexibility index (Phi) is 5.85. The lowest BCUT2D eigenvalue weighted by molar-refractivity contribution is 0.0990. The minimum absolute atomic E-state index is 0.185. The van der Waals surface area contributed by atoms with Crippen molar-refractivity contribution in [3.8, 4) is 5.75 Å². The van der Waals surface area contributed by atoms with E-state index in [1.54, 1.807) is 90.6 Å². The fourth-order valence-electron chi connectivity index (χ4n) is 3.50. The van der Waals surface area contributed by atoms with Crippen molar-refractivity contribution in [1.82, 2.24) is 14.4 Å². The zero-order valence-electron chi connectivity index (χ0n) is 18.1. The number of hydrogen-bond acceptors (Lipinski definition) is 5. The summed E-state index contributed by atoms with van der Waals surface area (Å²) in [6.07, 6.45) is 5.49. The van der Waals surface area contributed by atoms with Crippen LogP contribution in [0.2, 0.25) is 0 Å². The SMILES string of the molecule is CCc1nc2ccc(C(=O)Nc3cccc(OC)c3)cn2c1N(C)C(=O)c1ccncc1. The second-order valence-electron chi connectivity index (χ2n) is 7.17. The number of hydrogen-bond donors (Lipinski definition) is 1. The van der Waals surface area contributed by atoms with Gasteiger partial charge in [0.15, 0.2) is 0 Å². The number of amides is 2. The highest BCUT2D eigenvalue weighted by molar-refractivity contribution is 6.06. The maximum Gasteiger partial charge on any atom is 0.259 e. The molecule has 3 heterocycles. The van der Waals surface area contributed by atoms with E-state index in [2.05, 4.69) is 15.3 Å². The molecule has 0 saturated heterocycles. The molecule has 0 atom stereocenters. The molecule has 8 heteroatoms. The van der Waals surface area contributed by atoms with E-state index in [1.165, 1.54) is 0 Å². The van der Waals surface area contributed by atoms with Gasteiger partial charge in [-0.15, -0.1) is 0 Å². The Hall–Kier alpha value is -4.20. The Morgan fingerprint density at radius 1 is 1.09 bits per heavy atom. The third-order valence-electron chi connectivity index (χ3n) is 5.14. The first-order valence-corrected chi connectivity index (χ1v) is 10.2. The Bertz CT molecular complexity index is 1280. The molecule has 1 N–H and O–H groups in total. The van der Waals surface area contributed by atoms with Gasteiger partial charge in [-0.1, -0.05) is 13.0 Å². The Morgan fingerprint density at radius 2 is 1.88 bits per heavy atom. The number of carbonyl (C=O) groups is 2. The number of fused-ring (bicyclic) bond motifs is 1. The highest BCUT2D eigenvalue weighted by Crippen LogP contribution is 2.25. The molecular formula is C24H23N5O3. The van der Waals surface area contributed by atoms with Crippen LogP contribution in [0, 0.1) is 0 Å². The second kappa shape index (κ2) is 8.89. The molecule has 0 spiro atoms. The lowest BCUT2D eigenvalue weighted by Gasteiger charge is -2.18. The summed E-state index contributed by atoms with van der Waals surface area (Å²) >= 11 is 0. The van der Waals surface area contributed by atoms with Gasteiger partial charge in [0.25, 0.3) is 11.8 Å². The lowest BCUT2D eigenvalue weighted by Crippen LogP contribution is -2.28. The van der Waals surface area contributed by atoms with E-state index >= 15 is 0 Å². The van der Waals surface area contributed by atoms with Gasteiger partial charge in [0.05, 0.1) is 18.4 Å². The Morgan fingerprint density at radius 3 is 2.59 bits per heavy atom. The predicted octanol–water partition coefficient (Wildman–Crippen LogP) is 3.83. The molecule has 4 aromatic rings. The number of anilines is 2. The third kappa shape index (κ3) is 4.02. The second-order valence-corrected chi connectivity index (χ2v) is 7.17. The molecule has 0 aliphatic carbocycles. The molecule has 0 fully saturated rings. The highest BCUT2D eigenvalue weighted by atomic mass is 16.5. The molecule has 1 aromatic carbocycles. The largest absolute Gasteiger partial charge is 0.497 e.